The molecule has 0 bridgehead atoms. The molecule has 1 aliphatic rings. The molecule has 0 aromatic heterocycles. The average molecular weight is 458 g/mol. The van der Waals surface area contributed by atoms with Crippen molar-refractivity contribution in [3.05, 3.63) is 58.6 Å². The smallest absolute Gasteiger partial charge is 0.255 e. The van der Waals surface area contributed by atoms with Crippen molar-refractivity contribution in [2.45, 2.75) is 16.6 Å². The maximum absolute atomic E-state index is 12.7. The van der Waals surface area contributed by atoms with Gasteiger partial charge in [-0.25, -0.2) is 16.8 Å². The summed E-state index contributed by atoms with van der Waals surface area (Å²) in [4.78, 5) is 12.4. The molecule has 1 N–H and O–H groups in total. The number of carbonyl (C=O) groups is 1. The van der Waals surface area contributed by atoms with E-state index in [1.54, 1.807) is 24.3 Å². The van der Waals surface area contributed by atoms with Crippen LogP contribution in [0.5, 0.6) is 0 Å². The topological polar surface area (TPSA) is 97.4 Å². The van der Waals surface area contributed by atoms with Gasteiger partial charge in [0.05, 0.1) is 21.7 Å². The summed E-state index contributed by atoms with van der Waals surface area (Å²) < 4.78 is 49.4. The Balaban J connectivity index is 1.83. The van der Waals surface area contributed by atoms with Crippen LogP contribution in [0.3, 0.4) is 0 Å². The highest BCUT2D eigenvalue weighted by molar-refractivity contribution is 9.10. The van der Waals surface area contributed by atoms with Gasteiger partial charge in [-0.2, -0.15) is 0 Å². The molecular formula is C17H16BrNO5S2. The highest BCUT2D eigenvalue weighted by Gasteiger charge is 2.38. The zero-order chi connectivity index (χ0) is 18.9. The van der Waals surface area contributed by atoms with Crippen molar-refractivity contribution in [3.63, 3.8) is 0 Å². The number of rotatable bonds is 4. The van der Waals surface area contributed by atoms with Crippen LogP contribution >= 0.6 is 15.9 Å². The lowest BCUT2D eigenvalue weighted by Gasteiger charge is -2.11. The zero-order valence-corrected chi connectivity index (χ0v) is 16.8. The van der Waals surface area contributed by atoms with Crippen LogP contribution in [0.1, 0.15) is 16.8 Å². The maximum atomic E-state index is 12.7. The molecule has 9 heteroatoms. The highest BCUT2D eigenvalue weighted by Crippen LogP contribution is 2.26. The molecule has 1 aliphatic heterocycles. The van der Waals surface area contributed by atoms with Crippen molar-refractivity contribution in [2.24, 2.45) is 0 Å². The molecule has 0 radical (unpaired) electrons. The minimum Gasteiger partial charge on any atom is -0.322 e. The largest absolute Gasteiger partial charge is 0.322 e. The number of halogens is 1. The molecule has 0 saturated carbocycles. The van der Waals surface area contributed by atoms with Crippen molar-refractivity contribution in [1.29, 1.82) is 0 Å². The first-order valence-corrected chi connectivity index (χ1v) is 11.9. The minimum absolute atomic E-state index is 0.0388. The lowest BCUT2D eigenvalue weighted by atomic mass is 10.2. The summed E-state index contributed by atoms with van der Waals surface area (Å²) in [5.41, 5.74) is 0.767. The third-order valence-electron chi connectivity index (χ3n) is 4.16. The fourth-order valence-electron chi connectivity index (χ4n) is 2.75. The second-order valence-electron chi connectivity index (χ2n) is 6.06. The number of amides is 1. The van der Waals surface area contributed by atoms with Crippen LogP contribution in [-0.2, 0) is 19.7 Å². The van der Waals surface area contributed by atoms with Crippen LogP contribution < -0.4 is 5.32 Å². The number of benzene rings is 2. The van der Waals surface area contributed by atoms with Crippen molar-refractivity contribution in [3.8, 4) is 0 Å². The normalized spacial score (nSPS) is 19.2. The number of carbonyl (C=O) groups excluding carboxylic acids is 1. The number of anilines is 1. The van der Waals surface area contributed by atoms with Gasteiger partial charge < -0.3 is 5.32 Å². The Hall–Kier alpha value is -1.71. The van der Waals surface area contributed by atoms with E-state index in [-0.39, 0.29) is 28.4 Å². The summed E-state index contributed by atoms with van der Waals surface area (Å²) in [7, 11) is -7.13. The first kappa shape index (κ1) is 19.1. The van der Waals surface area contributed by atoms with Gasteiger partial charge in [-0.3, -0.25) is 4.79 Å². The summed E-state index contributed by atoms with van der Waals surface area (Å²) >= 11 is 3.31. The number of nitrogens with one attached hydrogen (secondary N) is 1. The van der Waals surface area contributed by atoms with Crippen molar-refractivity contribution < 1.29 is 21.6 Å². The molecule has 1 fully saturated rings. The van der Waals surface area contributed by atoms with Gasteiger partial charge in [-0.15, -0.1) is 0 Å². The predicted molar refractivity (Wildman–Crippen MR) is 103 cm³/mol. The standard InChI is InChI=1S/C17H16BrNO5S2/c18-13-4-6-14(7-5-13)19-17(20)12-2-1-3-15(10-12)26(23,24)16-8-9-25(21,22)11-16/h1-7,10,16H,8-9,11H2,(H,19,20)/t16-/m1/s1. The third kappa shape index (κ3) is 4.16. The number of sulfone groups is 2. The van der Waals surface area contributed by atoms with E-state index in [0.29, 0.717) is 5.69 Å². The molecular weight excluding hydrogens is 442 g/mol. The van der Waals surface area contributed by atoms with Gasteiger partial charge in [0.1, 0.15) is 0 Å². The van der Waals surface area contributed by atoms with E-state index >= 15 is 0 Å². The lowest BCUT2D eigenvalue weighted by Crippen LogP contribution is -2.23. The Labute approximate surface area is 160 Å². The van der Waals surface area contributed by atoms with E-state index in [4.69, 9.17) is 0 Å². The van der Waals surface area contributed by atoms with E-state index in [1.165, 1.54) is 24.3 Å². The second-order valence-corrected chi connectivity index (χ2v) is 11.4. The van der Waals surface area contributed by atoms with Gasteiger partial charge in [0, 0.05) is 15.7 Å². The van der Waals surface area contributed by atoms with Crippen LogP contribution in [0.25, 0.3) is 0 Å². The first-order chi connectivity index (χ1) is 12.2. The van der Waals surface area contributed by atoms with Crippen LogP contribution in [0.15, 0.2) is 57.9 Å². The molecule has 1 amide bonds. The fourth-order valence-corrected chi connectivity index (χ4v) is 7.42. The summed E-state index contributed by atoms with van der Waals surface area (Å²) in [6.07, 6.45) is 0.0833. The average Bonchev–Trinajstić information content (AvgIpc) is 2.98. The summed E-state index contributed by atoms with van der Waals surface area (Å²) in [5.74, 6) is -0.936. The van der Waals surface area contributed by atoms with Gasteiger partial charge in [0.2, 0.25) is 0 Å². The summed E-state index contributed by atoms with van der Waals surface area (Å²) in [6.45, 7) is 0. The fraction of sp³-hybridized carbons (Fsp3) is 0.235. The SMILES string of the molecule is O=C(Nc1ccc(Br)cc1)c1cccc(S(=O)(=O)[C@@H]2CCS(=O)(=O)C2)c1. The Kier molecular flexibility index (Phi) is 5.23. The molecule has 1 saturated heterocycles. The quantitative estimate of drug-likeness (QED) is 0.760. The monoisotopic (exact) mass is 457 g/mol. The maximum Gasteiger partial charge on any atom is 0.255 e. The van der Waals surface area contributed by atoms with E-state index < -0.39 is 30.8 Å². The lowest BCUT2D eigenvalue weighted by molar-refractivity contribution is 0.102. The van der Waals surface area contributed by atoms with E-state index in [9.17, 15) is 21.6 Å². The third-order valence-corrected chi connectivity index (χ3v) is 8.85. The van der Waals surface area contributed by atoms with Gasteiger partial charge in [0.25, 0.3) is 5.91 Å². The number of hydrogen-bond acceptors (Lipinski definition) is 5. The van der Waals surface area contributed by atoms with E-state index in [2.05, 4.69) is 21.2 Å². The van der Waals surface area contributed by atoms with E-state index in [1.807, 2.05) is 0 Å². The molecule has 2 aromatic rings. The minimum atomic E-state index is -3.81. The predicted octanol–water partition coefficient (Wildman–Crippen LogP) is 2.66. The Bertz CT molecular complexity index is 1050. The molecule has 0 spiro atoms. The van der Waals surface area contributed by atoms with Crippen LogP contribution in [0, 0.1) is 0 Å². The summed E-state index contributed by atoms with van der Waals surface area (Å²) in [6, 6.07) is 12.6. The van der Waals surface area contributed by atoms with Crippen LogP contribution in [0.2, 0.25) is 0 Å². The van der Waals surface area contributed by atoms with Gasteiger partial charge >= 0.3 is 0 Å². The van der Waals surface area contributed by atoms with Gasteiger partial charge in [-0.05, 0) is 48.9 Å². The molecule has 0 aliphatic carbocycles. The van der Waals surface area contributed by atoms with Crippen LogP contribution in [-0.4, -0.2) is 39.5 Å². The molecule has 1 heterocycles. The van der Waals surface area contributed by atoms with Gasteiger partial charge in [-0.1, -0.05) is 22.0 Å². The Morgan fingerprint density at radius 1 is 1.12 bits per heavy atom. The molecule has 1 atom stereocenters. The van der Waals surface area contributed by atoms with Crippen LogP contribution in [0.4, 0.5) is 5.69 Å². The zero-order valence-electron chi connectivity index (χ0n) is 13.6. The molecule has 26 heavy (non-hydrogen) atoms. The van der Waals surface area contributed by atoms with Crippen molar-refractivity contribution in [2.75, 3.05) is 16.8 Å². The van der Waals surface area contributed by atoms with E-state index in [0.717, 1.165) is 4.47 Å². The molecule has 3 rings (SSSR count). The van der Waals surface area contributed by atoms with Gasteiger partial charge in [0.15, 0.2) is 19.7 Å². The molecule has 0 unspecified atom stereocenters. The molecule has 138 valence electrons. The highest BCUT2D eigenvalue weighted by atomic mass is 79.9. The Morgan fingerprint density at radius 3 is 2.42 bits per heavy atom. The molecule has 6 nitrogen and oxygen atoms in total. The molecule has 2 aromatic carbocycles. The summed E-state index contributed by atoms with van der Waals surface area (Å²) in [5, 5.41) is 1.74. The van der Waals surface area contributed by atoms with Crippen molar-refractivity contribution >= 4 is 47.2 Å². The second kappa shape index (κ2) is 7.13. The first-order valence-electron chi connectivity index (χ1n) is 7.79. The van der Waals surface area contributed by atoms with Crippen molar-refractivity contribution in [1.82, 2.24) is 0 Å². The number of hydrogen-bond donors (Lipinski definition) is 1. The Morgan fingerprint density at radius 2 is 1.81 bits per heavy atom.